The van der Waals surface area contributed by atoms with Gasteiger partial charge in [0.25, 0.3) is 0 Å². The lowest BCUT2D eigenvalue weighted by Crippen LogP contribution is -2.20. The summed E-state index contributed by atoms with van der Waals surface area (Å²) in [4.78, 5) is 12.0. The maximum atomic E-state index is 12.0. The molecule has 0 spiro atoms. The molecule has 0 bridgehead atoms. The fourth-order valence-corrected chi connectivity index (χ4v) is 3.09. The van der Waals surface area contributed by atoms with Crippen molar-refractivity contribution in [3.8, 4) is 0 Å². The smallest absolute Gasteiger partial charge is 0.308 e. The average Bonchev–Trinajstić information content (AvgIpc) is 2.85. The number of carbonyl (C=O) groups is 1. The van der Waals surface area contributed by atoms with Crippen molar-refractivity contribution in [2.24, 2.45) is 5.92 Å². The summed E-state index contributed by atoms with van der Waals surface area (Å²) in [6, 6.07) is 0. The molecular weight excluding hydrogens is 440 g/mol. The maximum absolute atomic E-state index is 12.0. The molecule has 1 unspecified atom stereocenters. The molecule has 0 aliphatic carbocycles. The first-order valence-electron chi connectivity index (χ1n) is 13.4. The van der Waals surface area contributed by atoms with E-state index in [1.54, 1.807) is 0 Å². The van der Waals surface area contributed by atoms with E-state index in [9.17, 15) is 4.79 Å². The standard InChI is InChI=1S/C26H52O8/c1-4-7-9-10-12-28-13-14-29-15-16-30-17-18-31-19-20-32-21-22-33-23-24-34-26(27)25(6-3)11-8-5-2/h25H,4-24H2,1-3H3. The second-order valence-electron chi connectivity index (χ2n) is 8.15. The van der Waals surface area contributed by atoms with Crippen molar-refractivity contribution in [3.05, 3.63) is 0 Å². The van der Waals surface area contributed by atoms with Crippen molar-refractivity contribution < 1.29 is 38.0 Å². The van der Waals surface area contributed by atoms with Crippen LogP contribution in [0.1, 0.15) is 72.1 Å². The van der Waals surface area contributed by atoms with Crippen LogP contribution in [0.4, 0.5) is 0 Å². The number of carbonyl (C=O) groups excluding carboxylic acids is 1. The Morgan fingerprint density at radius 3 is 1.32 bits per heavy atom. The molecule has 0 aliphatic rings. The molecule has 1 atom stereocenters. The van der Waals surface area contributed by atoms with Crippen LogP contribution in [0, 0.1) is 5.92 Å². The Balaban J connectivity index is 3.18. The van der Waals surface area contributed by atoms with Gasteiger partial charge in [0.15, 0.2) is 0 Å². The molecule has 0 saturated heterocycles. The van der Waals surface area contributed by atoms with Crippen molar-refractivity contribution in [1.29, 1.82) is 0 Å². The summed E-state index contributed by atoms with van der Waals surface area (Å²) in [7, 11) is 0. The second kappa shape index (κ2) is 28.5. The lowest BCUT2D eigenvalue weighted by atomic mass is 10.00. The van der Waals surface area contributed by atoms with Crippen LogP contribution in [0.5, 0.6) is 0 Å². The molecule has 0 fully saturated rings. The molecule has 204 valence electrons. The van der Waals surface area contributed by atoms with Crippen molar-refractivity contribution in [2.45, 2.75) is 72.1 Å². The minimum atomic E-state index is -0.109. The number of hydrogen-bond donors (Lipinski definition) is 0. The molecule has 8 nitrogen and oxygen atoms in total. The van der Waals surface area contributed by atoms with Crippen LogP contribution in [-0.4, -0.2) is 91.9 Å². The van der Waals surface area contributed by atoms with Gasteiger partial charge in [-0.25, -0.2) is 0 Å². The predicted octanol–water partition coefficient (Wildman–Crippen LogP) is 4.43. The Labute approximate surface area is 208 Å². The zero-order valence-electron chi connectivity index (χ0n) is 22.2. The molecule has 0 aromatic carbocycles. The number of rotatable bonds is 28. The number of hydrogen-bond acceptors (Lipinski definition) is 8. The zero-order chi connectivity index (χ0) is 25.0. The Kier molecular flexibility index (Phi) is 27.8. The molecule has 8 heteroatoms. The van der Waals surface area contributed by atoms with Gasteiger partial charge in [0.05, 0.1) is 78.6 Å². The predicted molar refractivity (Wildman–Crippen MR) is 133 cm³/mol. The Hall–Kier alpha value is -0.770. The second-order valence-corrected chi connectivity index (χ2v) is 8.15. The van der Waals surface area contributed by atoms with Crippen LogP contribution in [-0.2, 0) is 38.0 Å². The van der Waals surface area contributed by atoms with Crippen molar-refractivity contribution in [2.75, 3.05) is 85.9 Å². The summed E-state index contributed by atoms with van der Waals surface area (Å²) < 4.78 is 38.1. The lowest BCUT2D eigenvalue weighted by Gasteiger charge is -2.13. The SMILES string of the molecule is CCCCCCOCCOCCOCCOCCOCCOCCOC(=O)C(CC)CCCC. The van der Waals surface area contributed by atoms with Gasteiger partial charge in [-0.05, 0) is 19.3 Å². The maximum Gasteiger partial charge on any atom is 0.308 e. The third-order valence-corrected chi connectivity index (χ3v) is 5.21. The minimum absolute atomic E-state index is 0.0110. The van der Waals surface area contributed by atoms with E-state index >= 15 is 0 Å². The highest BCUT2D eigenvalue weighted by molar-refractivity contribution is 5.72. The Bertz CT molecular complexity index is 408. The summed E-state index contributed by atoms with van der Waals surface area (Å²) in [5, 5.41) is 0. The van der Waals surface area contributed by atoms with Crippen LogP contribution in [0.2, 0.25) is 0 Å². The normalized spacial score (nSPS) is 12.2. The molecule has 0 radical (unpaired) electrons. The van der Waals surface area contributed by atoms with Gasteiger partial charge >= 0.3 is 5.97 Å². The third kappa shape index (κ3) is 24.4. The van der Waals surface area contributed by atoms with E-state index in [0.717, 1.165) is 38.7 Å². The van der Waals surface area contributed by atoms with E-state index < -0.39 is 0 Å². The lowest BCUT2D eigenvalue weighted by molar-refractivity contribution is -0.150. The molecule has 0 aliphatic heterocycles. The van der Waals surface area contributed by atoms with E-state index in [0.29, 0.717) is 79.3 Å². The topological polar surface area (TPSA) is 81.7 Å². The molecule has 0 heterocycles. The van der Waals surface area contributed by atoms with Crippen LogP contribution in [0.25, 0.3) is 0 Å². The van der Waals surface area contributed by atoms with Gasteiger partial charge in [0.2, 0.25) is 0 Å². The first-order chi connectivity index (χ1) is 16.8. The molecular formula is C26H52O8. The van der Waals surface area contributed by atoms with Crippen LogP contribution < -0.4 is 0 Å². The third-order valence-electron chi connectivity index (χ3n) is 5.21. The Morgan fingerprint density at radius 1 is 0.500 bits per heavy atom. The molecule has 0 amide bonds. The van der Waals surface area contributed by atoms with Crippen molar-refractivity contribution in [1.82, 2.24) is 0 Å². The van der Waals surface area contributed by atoms with Crippen molar-refractivity contribution >= 4 is 5.97 Å². The van der Waals surface area contributed by atoms with E-state index in [1.165, 1.54) is 19.3 Å². The number of ether oxygens (including phenoxy) is 7. The average molecular weight is 493 g/mol. The van der Waals surface area contributed by atoms with E-state index in [4.69, 9.17) is 33.2 Å². The molecule has 0 aromatic heterocycles. The highest BCUT2D eigenvalue weighted by Gasteiger charge is 2.16. The molecule has 0 aromatic rings. The molecule has 0 saturated carbocycles. The molecule has 0 N–H and O–H groups in total. The van der Waals surface area contributed by atoms with Gasteiger partial charge < -0.3 is 33.2 Å². The van der Waals surface area contributed by atoms with Crippen LogP contribution >= 0.6 is 0 Å². The fourth-order valence-electron chi connectivity index (χ4n) is 3.09. The first kappa shape index (κ1) is 33.2. The largest absolute Gasteiger partial charge is 0.463 e. The van der Waals surface area contributed by atoms with Gasteiger partial charge in [-0.15, -0.1) is 0 Å². The minimum Gasteiger partial charge on any atom is -0.463 e. The summed E-state index contributed by atoms with van der Waals surface area (Å²) in [6.07, 6.45) is 8.78. The summed E-state index contributed by atoms with van der Waals surface area (Å²) >= 11 is 0. The highest BCUT2D eigenvalue weighted by atomic mass is 16.6. The molecule has 34 heavy (non-hydrogen) atoms. The summed E-state index contributed by atoms with van der Waals surface area (Å²) in [6.45, 7) is 13.3. The summed E-state index contributed by atoms with van der Waals surface area (Å²) in [5.74, 6) is -0.0978. The van der Waals surface area contributed by atoms with Gasteiger partial charge in [-0.2, -0.15) is 0 Å². The van der Waals surface area contributed by atoms with Gasteiger partial charge in [0, 0.05) is 6.61 Å². The van der Waals surface area contributed by atoms with Gasteiger partial charge in [0.1, 0.15) is 6.61 Å². The first-order valence-corrected chi connectivity index (χ1v) is 13.4. The number of esters is 1. The van der Waals surface area contributed by atoms with E-state index in [1.807, 2.05) is 6.92 Å². The van der Waals surface area contributed by atoms with Gasteiger partial charge in [-0.1, -0.05) is 52.9 Å². The van der Waals surface area contributed by atoms with Gasteiger partial charge in [-0.3, -0.25) is 4.79 Å². The number of unbranched alkanes of at least 4 members (excludes halogenated alkanes) is 4. The quantitative estimate of drug-likeness (QED) is 0.117. The molecule has 0 rings (SSSR count). The zero-order valence-corrected chi connectivity index (χ0v) is 22.2. The van der Waals surface area contributed by atoms with Crippen LogP contribution in [0.15, 0.2) is 0 Å². The Morgan fingerprint density at radius 2 is 0.912 bits per heavy atom. The fraction of sp³-hybridized carbons (Fsp3) is 0.962. The van der Waals surface area contributed by atoms with Crippen LogP contribution in [0.3, 0.4) is 0 Å². The van der Waals surface area contributed by atoms with Crippen molar-refractivity contribution in [3.63, 3.8) is 0 Å². The van der Waals surface area contributed by atoms with E-state index in [2.05, 4.69) is 13.8 Å². The highest BCUT2D eigenvalue weighted by Crippen LogP contribution is 2.14. The monoisotopic (exact) mass is 492 g/mol. The summed E-state index contributed by atoms with van der Waals surface area (Å²) in [5.41, 5.74) is 0. The van der Waals surface area contributed by atoms with E-state index in [-0.39, 0.29) is 11.9 Å².